The van der Waals surface area contributed by atoms with Gasteiger partial charge in [-0.15, -0.1) is 0 Å². The first-order chi connectivity index (χ1) is 23.4. The zero-order valence-electron chi connectivity index (χ0n) is 27.6. The second-order valence-corrected chi connectivity index (χ2v) is 13.9. The summed E-state index contributed by atoms with van der Waals surface area (Å²) in [5.41, 5.74) is 3.82. The van der Waals surface area contributed by atoms with Gasteiger partial charge in [-0.2, -0.15) is 4.98 Å². The number of imide groups is 1. The lowest BCUT2D eigenvalue weighted by atomic mass is 10.0. The third-order valence-corrected chi connectivity index (χ3v) is 9.63. The second kappa shape index (κ2) is 12.8. The van der Waals surface area contributed by atoms with Crippen LogP contribution in [0.3, 0.4) is 0 Å². The first kappa shape index (κ1) is 32.6. The number of hydrogen-bond acceptors (Lipinski definition) is 10. The smallest absolute Gasteiger partial charge is 0.328 e. The van der Waals surface area contributed by atoms with Crippen molar-refractivity contribution >= 4 is 68.6 Å². The number of carbonyl (C=O) groups is 2. The minimum atomic E-state index is -0.896. The number of halogens is 1. The molecule has 2 amide bonds. The molecule has 2 aliphatic heterocycles. The topological polar surface area (TPSA) is 164 Å². The number of piperidine rings is 2. The minimum Gasteiger partial charge on any atom is -0.390 e. The number of hydrogen-bond donors (Lipinski definition) is 4. The molecule has 2 saturated heterocycles. The SMILES string of the molecule is Cn1c(=O)n(CCC(C)(C)O)c2cc(Nc3nc(N4CCC(Nc5ccc6c(c5)ncn6C5CCC(=O)NC5=O)CC4)ncc3Cl)ccc21. The molecule has 0 aliphatic carbocycles. The normalized spacial score (nSPS) is 17.6. The van der Waals surface area contributed by atoms with Crippen molar-refractivity contribution in [2.75, 3.05) is 28.6 Å². The lowest BCUT2D eigenvalue weighted by Crippen LogP contribution is -2.41. The predicted molar refractivity (Wildman–Crippen MR) is 188 cm³/mol. The first-order valence-electron chi connectivity index (χ1n) is 16.5. The summed E-state index contributed by atoms with van der Waals surface area (Å²) in [5, 5.41) is 20.0. The van der Waals surface area contributed by atoms with Crippen LogP contribution in [0.1, 0.15) is 52.0 Å². The molecule has 14 nitrogen and oxygen atoms in total. The van der Waals surface area contributed by atoms with E-state index >= 15 is 0 Å². The summed E-state index contributed by atoms with van der Waals surface area (Å²) in [6.07, 6.45) is 6.20. The number of amides is 2. The van der Waals surface area contributed by atoms with E-state index in [0.717, 1.165) is 59.4 Å². The van der Waals surface area contributed by atoms with Gasteiger partial charge >= 0.3 is 5.69 Å². The van der Waals surface area contributed by atoms with Gasteiger partial charge in [0.25, 0.3) is 0 Å². The average molecular weight is 687 g/mol. The zero-order chi connectivity index (χ0) is 34.4. The summed E-state index contributed by atoms with van der Waals surface area (Å²) in [6.45, 7) is 5.34. The largest absolute Gasteiger partial charge is 0.390 e. The van der Waals surface area contributed by atoms with E-state index in [2.05, 4.69) is 30.8 Å². The van der Waals surface area contributed by atoms with E-state index in [9.17, 15) is 19.5 Å². The number of nitrogens with one attached hydrogen (secondary N) is 3. The van der Waals surface area contributed by atoms with Crippen LogP contribution in [-0.2, 0) is 23.2 Å². The van der Waals surface area contributed by atoms with Crippen molar-refractivity contribution in [2.45, 2.75) is 70.2 Å². The van der Waals surface area contributed by atoms with Gasteiger partial charge in [0.15, 0.2) is 5.82 Å². The molecule has 0 radical (unpaired) electrons. The number of imidazole rings is 2. The molecule has 0 spiro atoms. The van der Waals surface area contributed by atoms with E-state index in [0.29, 0.717) is 42.6 Å². The summed E-state index contributed by atoms with van der Waals surface area (Å²) in [6, 6.07) is 11.4. The number of nitrogens with zero attached hydrogens (tertiary/aromatic N) is 7. The van der Waals surface area contributed by atoms with Crippen LogP contribution in [0, 0.1) is 0 Å². The van der Waals surface area contributed by atoms with Crippen LogP contribution in [0.5, 0.6) is 0 Å². The lowest BCUT2D eigenvalue weighted by Gasteiger charge is -2.33. The van der Waals surface area contributed by atoms with E-state index in [1.165, 1.54) is 0 Å². The van der Waals surface area contributed by atoms with Crippen molar-refractivity contribution in [2.24, 2.45) is 7.05 Å². The molecule has 1 unspecified atom stereocenters. The van der Waals surface area contributed by atoms with E-state index in [4.69, 9.17) is 16.6 Å². The number of carbonyl (C=O) groups excluding carboxylic acids is 2. The zero-order valence-corrected chi connectivity index (χ0v) is 28.4. The Kier molecular flexibility index (Phi) is 8.53. The van der Waals surface area contributed by atoms with Gasteiger partial charge in [0.05, 0.1) is 40.2 Å². The number of fused-ring (bicyclic) bond motifs is 2. The molecule has 256 valence electrons. The van der Waals surface area contributed by atoms with Gasteiger partial charge in [0, 0.05) is 50.5 Å². The summed E-state index contributed by atoms with van der Waals surface area (Å²) < 4.78 is 5.12. The highest BCUT2D eigenvalue weighted by Gasteiger charge is 2.29. The Bertz CT molecular complexity index is 2120. The van der Waals surface area contributed by atoms with Gasteiger partial charge in [-0.1, -0.05) is 11.6 Å². The maximum absolute atomic E-state index is 12.9. The van der Waals surface area contributed by atoms with Crippen LogP contribution in [0.2, 0.25) is 5.02 Å². The average Bonchev–Trinajstić information content (AvgIpc) is 3.58. The van der Waals surface area contributed by atoms with E-state index in [1.807, 2.05) is 41.0 Å². The van der Waals surface area contributed by atoms with Gasteiger partial charge in [-0.05, 0) is 75.9 Å². The number of rotatable bonds is 9. The van der Waals surface area contributed by atoms with Crippen LogP contribution in [0.25, 0.3) is 22.1 Å². The number of aryl methyl sites for hydroxylation is 2. The Morgan fingerprint density at radius 3 is 2.51 bits per heavy atom. The molecule has 7 rings (SSSR count). The number of benzene rings is 2. The Morgan fingerprint density at radius 2 is 1.76 bits per heavy atom. The van der Waals surface area contributed by atoms with E-state index in [-0.39, 0.29) is 23.5 Å². The Hall–Kier alpha value is -4.95. The van der Waals surface area contributed by atoms with Crippen molar-refractivity contribution in [3.05, 3.63) is 64.4 Å². The number of aromatic nitrogens is 6. The second-order valence-electron chi connectivity index (χ2n) is 13.5. The monoisotopic (exact) mass is 686 g/mol. The highest BCUT2D eigenvalue weighted by Crippen LogP contribution is 2.30. The summed E-state index contributed by atoms with van der Waals surface area (Å²) in [4.78, 5) is 52.9. The molecule has 0 saturated carbocycles. The standard InChI is InChI=1S/C34H39ClN10O4/c1-34(2,49)12-15-44-28-17-22(5-7-26(28)42(3)33(44)48)39-30-23(35)18-36-32(41-30)43-13-10-20(11-14-43)38-21-4-6-25-24(16-21)37-19-45(25)27-8-9-29(46)40-31(27)47/h4-7,16-20,27,38,49H,8-15H2,1-3H3,(H,36,39,41)(H,40,46,47). The first-order valence-corrected chi connectivity index (χ1v) is 16.8. The highest BCUT2D eigenvalue weighted by atomic mass is 35.5. The number of anilines is 4. The molecule has 5 aromatic rings. The molecule has 2 aliphatic rings. The quantitative estimate of drug-likeness (QED) is 0.166. The molecule has 1 atom stereocenters. The molecule has 3 aromatic heterocycles. The van der Waals surface area contributed by atoms with Crippen LogP contribution in [0.4, 0.5) is 23.1 Å². The maximum atomic E-state index is 12.9. The number of aliphatic hydroxyl groups is 1. The summed E-state index contributed by atoms with van der Waals surface area (Å²) >= 11 is 6.53. The summed E-state index contributed by atoms with van der Waals surface area (Å²) in [7, 11) is 1.74. The fraction of sp³-hybridized carbons (Fsp3) is 0.412. The Morgan fingerprint density at radius 1 is 1.00 bits per heavy atom. The Labute approximate surface area is 287 Å². The molecule has 4 N–H and O–H groups in total. The van der Waals surface area contributed by atoms with Crippen molar-refractivity contribution in [1.82, 2.24) is 34.0 Å². The molecular weight excluding hydrogens is 648 g/mol. The molecule has 2 aromatic carbocycles. The third-order valence-electron chi connectivity index (χ3n) is 9.36. The van der Waals surface area contributed by atoms with Crippen molar-refractivity contribution < 1.29 is 14.7 Å². The molecule has 49 heavy (non-hydrogen) atoms. The van der Waals surface area contributed by atoms with Crippen LogP contribution in [-0.4, -0.2) is 70.3 Å². The molecule has 5 heterocycles. The van der Waals surface area contributed by atoms with Crippen LogP contribution >= 0.6 is 11.6 Å². The van der Waals surface area contributed by atoms with Gasteiger partial charge in [-0.25, -0.2) is 14.8 Å². The van der Waals surface area contributed by atoms with Crippen molar-refractivity contribution in [3.63, 3.8) is 0 Å². The predicted octanol–water partition coefficient (Wildman–Crippen LogP) is 4.10. The van der Waals surface area contributed by atoms with Gasteiger partial charge in [0.1, 0.15) is 11.1 Å². The molecule has 2 fully saturated rings. The van der Waals surface area contributed by atoms with Crippen molar-refractivity contribution in [3.8, 4) is 0 Å². The van der Waals surface area contributed by atoms with Gasteiger partial charge in [0.2, 0.25) is 17.8 Å². The summed E-state index contributed by atoms with van der Waals surface area (Å²) in [5.74, 6) is 0.515. The van der Waals surface area contributed by atoms with Gasteiger partial charge < -0.3 is 25.2 Å². The van der Waals surface area contributed by atoms with E-state index in [1.54, 1.807) is 42.6 Å². The van der Waals surface area contributed by atoms with Crippen LogP contribution < -0.4 is 26.5 Å². The van der Waals surface area contributed by atoms with Crippen LogP contribution in [0.15, 0.2) is 53.7 Å². The fourth-order valence-corrected chi connectivity index (χ4v) is 6.74. The molecule has 0 bridgehead atoms. The maximum Gasteiger partial charge on any atom is 0.328 e. The fourth-order valence-electron chi connectivity index (χ4n) is 6.60. The lowest BCUT2D eigenvalue weighted by molar-refractivity contribution is -0.135. The Balaban J connectivity index is 1.00. The molecular formula is C34H39ClN10O4. The molecule has 15 heteroatoms. The minimum absolute atomic E-state index is 0.141. The van der Waals surface area contributed by atoms with E-state index < -0.39 is 11.6 Å². The van der Waals surface area contributed by atoms with Gasteiger partial charge in [-0.3, -0.25) is 24.0 Å². The van der Waals surface area contributed by atoms with Crippen molar-refractivity contribution in [1.29, 1.82) is 0 Å². The highest BCUT2D eigenvalue weighted by molar-refractivity contribution is 6.32. The third kappa shape index (κ3) is 6.70.